The molecule has 2 aromatic heterocycles. The first-order valence-electron chi connectivity index (χ1n) is 8.85. The topological polar surface area (TPSA) is 133 Å². The molecule has 0 aliphatic rings. The molecule has 0 unspecified atom stereocenters. The summed E-state index contributed by atoms with van der Waals surface area (Å²) in [4.78, 5) is 16.2. The fourth-order valence-corrected chi connectivity index (χ4v) is 4.64. The molecule has 2 heterocycles. The van der Waals surface area contributed by atoms with E-state index in [1.165, 1.54) is 23.0 Å². The van der Waals surface area contributed by atoms with Crippen molar-refractivity contribution < 1.29 is 12.8 Å². The zero-order valence-corrected chi connectivity index (χ0v) is 17.2. The number of anilines is 1. The number of nitrogens with zero attached hydrogens (tertiary/aromatic N) is 3. The van der Waals surface area contributed by atoms with Crippen LogP contribution >= 0.6 is 11.5 Å². The monoisotopic (exact) mass is 443 g/mol. The minimum atomic E-state index is -3.89. The Morgan fingerprint density at radius 2 is 2.07 bits per heavy atom. The maximum absolute atomic E-state index is 12.6. The Labute approximate surface area is 175 Å². The Bertz CT molecular complexity index is 1370. The summed E-state index contributed by atoms with van der Waals surface area (Å²) >= 11 is 0.920. The van der Waals surface area contributed by atoms with Crippen LogP contribution in [0.2, 0.25) is 0 Å². The van der Waals surface area contributed by atoms with Gasteiger partial charge in [-0.1, -0.05) is 36.4 Å². The maximum atomic E-state index is 12.6. The van der Waals surface area contributed by atoms with Crippen LogP contribution in [-0.4, -0.2) is 28.9 Å². The molecule has 0 radical (unpaired) electrons. The number of benzene rings is 2. The van der Waals surface area contributed by atoms with Crippen molar-refractivity contribution in [2.45, 2.75) is 11.4 Å². The van der Waals surface area contributed by atoms with Crippen molar-refractivity contribution in [3.8, 4) is 0 Å². The number of hydrogen-bond acceptors (Lipinski definition) is 8. The zero-order valence-electron chi connectivity index (χ0n) is 15.6. The van der Waals surface area contributed by atoms with Crippen LogP contribution in [0.4, 0.5) is 5.13 Å². The average molecular weight is 444 g/mol. The van der Waals surface area contributed by atoms with Gasteiger partial charge in [0, 0.05) is 24.1 Å². The van der Waals surface area contributed by atoms with Gasteiger partial charge in [0.05, 0.1) is 17.0 Å². The van der Waals surface area contributed by atoms with Crippen molar-refractivity contribution in [2.24, 2.45) is 5.73 Å². The first-order chi connectivity index (χ1) is 14.5. The molecule has 0 spiro atoms. The lowest BCUT2D eigenvalue weighted by atomic mass is 10.1. The Kier molecular flexibility index (Phi) is 5.48. The minimum Gasteiger partial charge on any atom is -0.408 e. The number of hydrogen-bond donors (Lipinski definition) is 2. The highest BCUT2D eigenvalue weighted by Crippen LogP contribution is 2.22. The molecule has 0 fully saturated rings. The van der Waals surface area contributed by atoms with Crippen LogP contribution in [0, 0.1) is 0 Å². The average Bonchev–Trinajstić information content (AvgIpc) is 3.34. The number of rotatable bonds is 7. The van der Waals surface area contributed by atoms with Gasteiger partial charge in [0.2, 0.25) is 5.13 Å². The second-order valence-corrected chi connectivity index (χ2v) is 8.73. The Hall–Kier alpha value is -3.28. The smallest absolute Gasteiger partial charge is 0.408 e. The molecule has 4 aromatic rings. The zero-order chi connectivity index (χ0) is 21.1. The third-order valence-corrected chi connectivity index (χ3v) is 6.40. The molecular weight excluding hydrogens is 426 g/mol. The SMILES string of the molecule is NC/C=C/c1ccccc1Cn1c(=O)oc2cc(S(=O)(=O)Nc3ncns3)ccc21. The Balaban J connectivity index is 1.70. The molecule has 0 amide bonds. The van der Waals surface area contributed by atoms with Gasteiger partial charge in [-0.05, 0) is 23.3 Å². The van der Waals surface area contributed by atoms with Crippen LogP contribution in [0.5, 0.6) is 0 Å². The summed E-state index contributed by atoms with van der Waals surface area (Å²) in [6, 6.07) is 11.9. The Morgan fingerprint density at radius 1 is 1.23 bits per heavy atom. The molecular formula is C19H17N5O4S2. The van der Waals surface area contributed by atoms with E-state index in [1.807, 2.05) is 36.4 Å². The number of oxazole rings is 1. The van der Waals surface area contributed by atoms with Crippen LogP contribution in [-0.2, 0) is 16.6 Å². The fourth-order valence-electron chi connectivity index (χ4n) is 2.96. The Morgan fingerprint density at radius 3 is 2.83 bits per heavy atom. The summed E-state index contributed by atoms with van der Waals surface area (Å²) in [5.74, 6) is -0.575. The molecule has 0 saturated carbocycles. The largest absolute Gasteiger partial charge is 0.420 e. The van der Waals surface area contributed by atoms with E-state index in [-0.39, 0.29) is 22.2 Å². The van der Waals surface area contributed by atoms with E-state index in [2.05, 4.69) is 14.1 Å². The van der Waals surface area contributed by atoms with Gasteiger partial charge in [-0.25, -0.2) is 18.2 Å². The predicted octanol–water partition coefficient (Wildman–Crippen LogP) is 2.27. The summed E-state index contributed by atoms with van der Waals surface area (Å²) in [6.45, 7) is 0.678. The molecule has 0 aliphatic heterocycles. The first kappa shape index (κ1) is 20.0. The third kappa shape index (κ3) is 4.03. The number of fused-ring (bicyclic) bond motifs is 1. The minimum absolute atomic E-state index is 0.0441. The third-order valence-electron chi connectivity index (χ3n) is 4.35. The van der Waals surface area contributed by atoms with Gasteiger partial charge < -0.3 is 10.2 Å². The van der Waals surface area contributed by atoms with E-state index in [1.54, 1.807) is 6.07 Å². The van der Waals surface area contributed by atoms with Crippen LogP contribution in [0.15, 0.2) is 69.0 Å². The molecule has 2 aromatic carbocycles. The lowest BCUT2D eigenvalue weighted by Crippen LogP contribution is -2.15. The lowest BCUT2D eigenvalue weighted by molar-refractivity contribution is 0.517. The van der Waals surface area contributed by atoms with E-state index in [9.17, 15) is 13.2 Å². The second-order valence-electron chi connectivity index (χ2n) is 6.27. The molecule has 0 saturated heterocycles. The van der Waals surface area contributed by atoms with E-state index >= 15 is 0 Å². The maximum Gasteiger partial charge on any atom is 0.420 e. The van der Waals surface area contributed by atoms with Gasteiger partial charge in [-0.3, -0.25) is 9.29 Å². The molecule has 154 valence electrons. The van der Waals surface area contributed by atoms with Crippen molar-refractivity contribution in [1.82, 2.24) is 13.9 Å². The van der Waals surface area contributed by atoms with Crippen molar-refractivity contribution in [2.75, 3.05) is 11.3 Å². The number of sulfonamides is 1. The normalized spacial score (nSPS) is 12.0. The van der Waals surface area contributed by atoms with E-state index in [4.69, 9.17) is 10.2 Å². The molecule has 30 heavy (non-hydrogen) atoms. The molecule has 4 rings (SSSR count). The van der Waals surface area contributed by atoms with Crippen LogP contribution in [0.1, 0.15) is 11.1 Å². The standard InChI is InChI=1S/C19H17N5O4S2/c20-9-3-6-13-4-1-2-5-14(13)11-24-16-8-7-15(10-17(16)28-19(24)25)30(26,27)23-18-21-12-22-29-18/h1-8,10,12H,9,11,20H2,(H,21,22,23)/b6-3+. The predicted molar refractivity (Wildman–Crippen MR) is 115 cm³/mol. The summed E-state index contributed by atoms with van der Waals surface area (Å²) in [5, 5.41) is 0.149. The highest BCUT2D eigenvalue weighted by atomic mass is 32.2. The molecule has 0 bridgehead atoms. The van der Waals surface area contributed by atoms with Crippen molar-refractivity contribution >= 4 is 43.9 Å². The number of aromatic nitrogens is 3. The number of nitrogens with two attached hydrogens (primary N) is 1. The summed E-state index contributed by atoms with van der Waals surface area (Å²) < 4.78 is 38.0. The van der Waals surface area contributed by atoms with Gasteiger partial charge in [-0.15, -0.1) is 0 Å². The van der Waals surface area contributed by atoms with Gasteiger partial charge in [0.25, 0.3) is 10.0 Å². The van der Waals surface area contributed by atoms with Crippen LogP contribution in [0.25, 0.3) is 17.2 Å². The van der Waals surface area contributed by atoms with Gasteiger partial charge >= 0.3 is 5.76 Å². The second kappa shape index (κ2) is 8.22. The quantitative estimate of drug-likeness (QED) is 0.447. The molecule has 9 nitrogen and oxygen atoms in total. The van der Waals surface area contributed by atoms with Gasteiger partial charge in [0.1, 0.15) is 6.33 Å². The molecule has 0 aliphatic carbocycles. The van der Waals surface area contributed by atoms with Gasteiger partial charge in [-0.2, -0.15) is 4.37 Å². The van der Waals surface area contributed by atoms with Crippen LogP contribution < -0.4 is 16.2 Å². The lowest BCUT2D eigenvalue weighted by Gasteiger charge is -2.08. The number of nitrogens with one attached hydrogen (secondary N) is 1. The first-order valence-corrected chi connectivity index (χ1v) is 11.1. The molecule has 11 heteroatoms. The highest BCUT2D eigenvalue weighted by molar-refractivity contribution is 7.93. The van der Waals surface area contributed by atoms with Crippen molar-refractivity contribution in [3.05, 3.63) is 76.5 Å². The van der Waals surface area contributed by atoms with E-state index < -0.39 is 15.8 Å². The van der Waals surface area contributed by atoms with E-state index in [0.717, 1.165) is 22.7 Å². The molecule has 0 atom stereocenters. The molecule has 3 N–H and O–H groups in total. The summed E-state index contributed by atoms with van der Waals surface area (Å²) in [5.41, 5.74) is 8.04. The highest BCUT2D eigenvalue weighted by Gasteiger charge is 2.19. The van der Waals surface area contributed by atoms with E-state index in [0.29, 0.717) is 12.1 Å². The van der Waals surface area contributed by atoms with Crippen molar-refractivity contribution in [1.29, 1.82) is 0 Å². The summed E-state index contributed by atoms with van der Waals surface area (Å²) in [7, 11) is -3.89. The summed E-state index contributed by atoms with van der Waals surface area (Å²) in [6.07, 6.45) is 4.98. The van der Waals surface area contributed by atoms with Crippen molar-refractivity contribution in [3.63, 3.8) is 0 Å². The van der Waals surface area contributed by atoms with Gasteiger partial charge in [0.15, 0.2) is 5.58 Å². The fraction of sp³-hybridized carbons (Fsp3) is 0.105. The van der Waals surface area contributed by atoms with Crippen LogP contribution in [0.3, 0.4) is 0 Å².